The Morgan fingerprint density at radius 3 is 2.31 bits per heavy atom. The number of benzene rings is 2. The predicted octanol–water partition coefficient (Wildman–Crippen LogP) is 4.40. The van der Waals surface area contributed by atoms with Crippen LogP contribution in [0.1, 0.15) is 53.3 Å². The maximum absolute atomic E-state index is 13.8. The summed E-state index contributed by atoms with van der Waals surface area (Å²) in [6, 6.07) is 13.2. The minimum Gasteiger partial charge on any atom is -0.462 e. The highest BCUT2D eigenvalue weighted by molar-refractivity contribution is 8.18. The van der Waals surface area contributed by atoms with E-state index >= 15 is 0 Å². The van der Waals surface area contributed by atoms with Gasteiger partial charge in [0, 0.05) is 38.2 Å². The summed E-state index contributed by atoms with van der Waals surface area (Å²) in [5, 5.41) is 0.972. The Kier molecular flexibility index (Phi) is 6.70. The first-order chi connectivity index (χ1) is 15.4. The molecule has 2 aromatic rings. The van der Waals surface area contributed by atoms with Gasteiger partial charge in [0.2, 0.25) is 0 Å². The number of ether oxygens (including phenoxy) is 1. The lowest BCUT2D eigenvalue weighted by atomic mass is 10.1. The van der Waals surface area contributed by atoms with E-state index in [2.05, 4.69) is 16.8 Å². The topological polar surface area (TPSA) is 53.1 Å². The average Bonchev–Trinajstić information content (AvgIpc) is 2.97. The van der Waals surface area contributed by atoms with Crippen LogP contribution in [0.25, 0.3) is 0 Å². The lowest BCUT2D eigenvalue weighted by Crippen LogP contribution is -2.34. The van der Waals surface area contributed by atoms with Gasteiger partial charge in [0.15, 0.2) is 0 Å². The molecular formula is C24H30N3O3PS. The molecule has 2 aliphatic rings. The molecule has 0 N–H and O–H groups in total. The van der Waals surface area contributed by atoms with Crippen LogP contribution in [0.2, 0.25) is 0 Å². The molecule has 6 nitrogen and oxygen atoms in total. The van der Waals surface area contributed by atoms with Crippen LogP contribution in [0.15, 0.2) is 42.5 Å². The first kappa shape index (κ1) is 23.0. The van der Waals surface area contributed by atoms with Crippen molar-refractivity contribution in [3.05, 3.63) is 53.6 Å². The number of carbonyl (C=O) groups excluding carboxylic acids is 2. The van der Waals surface area contributed by atoms with Crippen LogP contribution in [0, 0.1) is 0 Å². The molecule has 2 aromatic carbocycles. The fourth-order valence-electron chi connectivity index (χ4n) is 4.40. The van der Waals surface area contributed by atoms with Crippen molar-refractivity contribution in [2.75, 3.05) is 43.4 Å². The van der Waals surface area contributed by atoms with Crippen LogP contribution in [-0.4, -0.2) is 50.3 Å². The molecule has 2 heterocycles. The van der Waals surface area contributed by atoms with E-state index < -0.39 is 6.34 Å². The van der Waals surface area contributed by atoms with Gasteiger partial charge in [-0.15, -0.1) is 0 Å². The molecule has 0 saturated carbocycles. The smallest absolute Gasteiger partial charge is 0.338 e. The summed E-state index contributed by atoms with van der Waals surface area (Å²) in [7, 11) is 3.94. The Hall–Kier alpha value is -2.21. The van der Waals surface area contributed by atoms with Crippen LogP contribution in [-0.2, 0) is 16.5 Å². The van der Waals surface area contributed by atoms with Crippen molar-refractivity contribution in [2.45, 2.75) is 32.6 Å². The molecule has 0 aliphatic carbocycles. The number of fused-ring (bicyclic) bond motifs is 1. The zero-order valence-electron chi connectivity index (χ0n) is 18.9. The number of anilines is 2. The van der Waals surface area contributed by atoms with Gasteiger partial charge in [-0.1, -0.05) is 24.6 Å². The van der Waals surface area contributed by atoms with Crippen molar-refractivity contribution < 1.29 is 14.3 Å². The molecule has 1 fully saturated rings. The average molecular weight is 472 g/mol. The molecule has 8 heteroatoms. The summed E-state index contributed by atoms with van der Waals surface area (Å²) in [4.78, 5) is 27.9. The van der Waals surface area contributed by atoms with E-state index in [0.29, 0.717) is 17.7 Å². The molecule has 4 rings (SSSR count). The number of esters is 1. The standard InChI is InChI=1S/C24H30N3O3PS/c1-4-30-24(29)18-9-11-19(12-10-18)27-23(28)21-17-20(25(2)3)13-14-22(21)31(27,32)26-15-7-5-6-8-16-26/h9-14,17H,4-8,15-16H2,1-3H3. The van der Waals surface area contributed by atoms with Gasteiger partial charge >= 0.3 is 5.97 Å². The van der Waals surface area contributed by atoms with Crippen molar-refractivity contribution in [1.82, 2.24) is 4.67 Å². The van der Waals surface area contributed by atoms with Gasteiger partial charge < -0.3 is 9.64 Å². The number of rotatable bonds is 5. The van der Waals surface area contributed by atoms with E-state index in [4.69, 9.17) is 16.5 Å². The van der Waals surface area contributed by atoms with E-state index in [1.54, 1.807) is 19.1 Å². The molecule has 1 atom stereocenters. The second kappa shape index (κ2) is 9.34. The summed E-state index contributed by atoms with van der Waals surface area (Å²) in [5.41, 5.74) is 2.88. The van der Waals surface area contributed by atoms with Crippen LogP contribution < -0.4 is 14.9 Å². The quantitative estimate of drug-likeness (QED) is 0.476. The van der Waals surface area contributed by atoms with Crippen molar-refractivity contribution in [2.24, 2.45) is 0 Å². The number of hydrogen-bond donors (Lipinski definition) is 0. The van der Waals surface area contributed by atoms with Crippen molar-refractivity contribution >= 4 is 46.7 Å². The van der Waals surface area contributed by atoms with Gasteiger partial charge in [0.05, 0.1) is 23.4 Å². The molecule has 2 aliphatic heterocycles. The predicted molar refractivity (Wildman–Crippen MR) is 134 cm³/mol. The number of hydrogen-bond acceptors (Lipinski definition) is 5. The van der Waals surface area contributed by atoms with E-state index in [1.807, 2.05) is 41.9 Å². The zero-order valence-corrected chi connectivity index (χ0v) is 20.6. The van der Waals surface area contributed by atoms with E-state index in [1.165, 1.54) is 12.8 Å². The number of amides is 1. The Labute approximate surface area is 195 Å². The fraction of sp³-hybridized carbons (Fsp3) is 0.417. The lowest BCUT2D eigenvalue weighted by Gasteiger charge is -2.38. The number of carbonyl (C=O) groups is 2. The highest BCUT2D eigenvalue weighted by Gasteiger charge is 2.47. The van der Waals surface area contributed by atoms with Gasteiger partial charge in [-0.2, -0.15) is 0 Å². The summed E-state index contributed by atoms with van der Waals surface area (Å²) in [6.45, 7) is 3.91. The minimum atomic E-state index is -2.54. The molecule has 32 heavy (non-hydrogen) atoms. The van der Waals surface area contributed by atoms with Gasteiger partial charge in [0.25, 0.3) is 5.91 Å². The van der Waals surface area contributed by atoms with Crippen LogP contribution in [0.3, 0.4) is 0 Å². The number of nitrogens with zero attached hydrogens (tertiary/aromatic N) is 3. The Morgan fingerprint density at radius 1 is 1.06 bits per heavy atom. The third-order valence-corrected chi connectivity index (χ3v) is 11.0. The monoisotopic (exact) mass is 471 g/mol. The highest BCUT2D eigenvalue weighted by atomic mass is 32.4. The second-order valence-corrected chi connectivity index (χ2v) is 12.5. The maximum Gasteiger partial charge on any atom is 0.338 e. The fourth-order valence-corrected chi connectivity index (χ4v) is 9.02. The van der Waals surface area contributed by atoms with E-state index in [-0.39, 0.29) is 11.9 Å². The molecule has 0 aromatic heterocycles. The molecule has 1 unspecified atom stereocenters. The maximum atomic E-state index is 13.8. The first-order valence-corrected chi connectivity index (χ1v) is 13.9. The minimum absolute atomic E-state index is 0.0554. The van der Waals surface area contributed by atoms with E-state index in [9.17, 15) is 9.59 Å². The Bertz CT molecular complexity index is 1060. The van der Waals surface area contributed by atoms with Gasteiger partial charge in [-0.05, 0) is 62.2 Å². The molecule has 0 radical (unpaired) electrons. The lowest BCUT2D eigenvalue weighted by molar-refractivity contribution is 0.0526. The van der Waals surface area contributed by atoms with Crippen LogP contribution >= 0.6 is 6.34 Å². The van der Waals surface area contributed by atoms with Crippen molar-refractivity contribution in [3.63, 3.8) is 0 Å². The summed E-state index contributed by atoms with van der Waals surface area (Å²) >= 11 is 6.45. The molecule has 0 bridgehead atoms. The Morgan fingerprint density at radius 2 is 1.72 bits per heavy atom. The van der Waals surface area contributed by atoms with Crippen molar-refractivity contribution in [1.29, 1.82) is 0 Å². The second-order valence-electron chi connectivity index (χ2n) is 8.39. The third-order valence-electron chi connectivity index (χ3n) is 6.09. The molecule has 0 spiro atoms. The van der Waals surface area contributed by atoms with Gasteiger partial charge in [-0.3, -0.25) is 14.1 Å². The van der Waals surface area contributed by atoms with Crippen LogP contribution in [0.4, 0.5) is 11.4 Å². The molecule has 1 amide bonds. The normalized spacial score (nSPS) is 21.2. The summed E-state index contributed by atoms with van der Waals surface area (Å²) in [5.74, 6) is -0.419. The first-order valence-electron chi connectivity index (χ1n) is 11.2. The Balaban J connectivity index is 1.81. The van der Waals surface area contributed by atoms with Crippen LogP contribution in [0.5, 0.6) is 0 Å². The zero-order chi connectivity index (χ0) is 22.9. The molecule has 1 saturated heterocycles. The third kappa shape index (κ3) is 3.98. The molecule has 170 valence electrons. The van der Waals surface area contributed by atoms with Gasteiger partial charge in [-0.25, -0.2) is 4.79 Å². The largest absolute Gasteiger partial charge is 0.462 e. The van der Waals surface area contributed by atoms with Gasteiger partial charge in [0.1, 0.15) is 6.34 Å². The summed E-state index contributed by atoms with van der Waals surface area (Å²) < 4.78 is 9.33. The van der Waals surface area contributed by atoms with E-state index in [0.717, 1.165) is 42.6 Å². The summed E-state index contributed by atoms with van der Waals surface area (Å²) in [6.07, 6.45) is 2.03. The molecular weight excluding hydrogens is 441 g/mol. The SMILES string of the molecule is CCOC(=O)c1ccc(N2C(=O)c3cc(N(C)C)ccc3P2(=S)N2CCCCCC2)cc1. The van der Waals surface area contributed by atoms with Crippen molar-refractivity contribution in [3.8, 4) is 0 Å². The highest BCUT2D eigenvalue weighted by Crippen LogP contribution is 2.60.